The summed E-state index contributed by atoms with van der Waals surface area (Å²) in [7, 11) is 0. The molecule has 7 nitrogen and oxygen atoms in total. The van der Waals surface area contributed by atoms with E-state index in [1.165, 1.54) is 5.56 Å². The van der Waals surface area contributed by atoms with Crippen LogP contribution in [-0.2, 0) is 6.54 Å². The van der Waals surface area contributed by atoms with Gasteiger partial charge in [0, 0.05) is 35.5 Å². The molecule has 6 rings (SSSR count). The Balaban J connectivity index is 1.45. The lowest BCUT2D eigenvalue weighted by molar-refractivity contribution is 0.174. The number of thiocarbonyl (C=S) groups is 1. The fourth-order valence-electron chi connectivity index (χ4n) is 5.09. The van der Waals surface area contributed by atoms with Crippen molar-refractivity contribution in [2.45, 2.75) is 32.5 Å². The predicted octanol–water partition coefficient (Wildman–Crippen LogP) is 4.79. The summed E-state index contributed by atoms with van der Waals surface area (Å²) in [6.07, 6.45) is 3.65. The summed E-state index contributed by atoms with van der Waals surface area (Å²) in [6, 6.07) is 20.1. The van der Waals surface area contributed by atoms with Crippen molar-refractivity contribution in [1.82, 2.24) is 24.8 Å². The van der Waals surface area contributed by atoms with Gasteiger partial charge in [0.05, 0.1) is 30.0 Å². The van der Waals surface area contributed by atoms with Crippen molar-refractivity contribution in [3.8, 4) is 17.2 Å². The third-order valence-corrected chi connectivity index (χ3v) is 7.01. The Bertz CT molecular complexity index is 1390. The van der Waals surface area contributed by atoms with Crippen molar-refractivity contribution in [2.24, 2.45) is 0 Å². The summed E-state index contributed by atoms with van der Waals surface area (Å²) in [5, 5.41) is 4.24. The maximum atomic E-state index is 5.85. The molecule has 0 radical (unpaired) electrons. The Morgan fingerprint density at radius 1 is 0.971 bits per heavy atom. The number of fused-ring (bicyclic) bond motifs is 1. The summed E-state index contributed by atoms with van der Waals surface area (Å²) in [4.78, 5) is 11.4. The molecular weight excluding hydrogens is 458 g/mol. The zero-order chi connectivity index (χ0) is 23.9. The largest absolute Gasteiger partial charge is 0.454 e. The maximum absolute atomic E-state index is 5.85. The van der Waals surface area contributed by atoms with Crippen molar-refractivity contribution in [3.63, 3.8) is 0 Å². The van der Waals surface area contributed by atoms with E-state index < -0.39 is 0 Å². The molecule has 0 amide bonds. The predicted molar refractivity (Wildman–Crippen MR) is 137 cm³/mol. The Kier molecular flexibility index (Phi) is 5.37. The van der Waals surface area contributed by atoms with Crippen LogP contribution >= 0.6 is 12.2 Å². The molecule has 0 saturated carbocycles. The van der Waals surface area contributed by atoms with E-state index in [-0.39, 0.29) is 18.9 Å². The van der Waals surface area contributed by atoms with Gasteiger partial charge in [-0.2, -0.15) is 0 Å². The normalized spacial score (nSPS) is 18.7. The number of nitrogens with one attached hydrogen (secondary N) is 1. The van der Waals surface area contributed by atoms with Crippen molar-refractivity contribution in [2.75, 3.05) is 6.79 Å². The number of rotatable bonds is 5. The average molecular weight is 484 g/mol. The van der Waals surface area contributed by atoms with Crippen LogP contribution in [0.5, 0.6) is 11.5 Å². The van der Waals surface area contributed by atoms with E-state index in [2.05, 4.69) is 56.8 Å². The Morgan fingerprint density at radius 3 is 2.54 bits per heavy atom. The van der Waals surface area contributed by atoms with Gasteiger partial charge in [0.2, 0.25) is 6.79 Å². The van der Waals surface area contributed by atoms with Gasteiger partial charge in [0.15, 0.2) is 16.6 Å². The van der Waals surface area contributed by atoms with Crippen molar-refractivity contribution in [3.05, 3.63) is 101 Å². The highest BCUT2D eigenvalue weighted by atomic mass is 32.1. The van der Waals surface area contributed by atoms with Gasteiger partial charge >= 0.3 is 0 Å². The second-order valence-corrected chi connectivity index (χ2v) is 9.16. The third kappa shape index (κ3) is 3.80. The SMILES string of the molecule is Cc1cc([C@@H]2[C@@H](c3ccccn3)NC(=S)N2Cc2ccccn2)c(C)n1-c1ccc2c(c1)OCO2. The Morgan fingerprint density at radius 2 is 1.77 bits per heavy atom. The number of ether oxygens (including phenoxy) is 2. The van der Waals surface area contributed by atoms with E-state index in [4.69, 9.17) is 21.7 Å². The molecule has 8 heteroatoms. The number of pyridine rings is 2. The van der Waals surface area contributed by atoms with Gasteiger partial charge in [-0.05, 0) is 74.1 Å². The highest BCUT2D eigenvalue weighted by Gasteiger charge is 2.41. The molecule has 1 aromatic carbocycles. The van der Waals surface area contributed by atoms with Crippen molar-refractivity contribution in [1.29, 1.82) is 0 Å². The summed E-state index contributed by atoms with van der Waals surface area (Å²) >= 11 is 5.85. The highest BCUT2D eigenvalue weighted by Crippen LogP contribution is 2.42. The molecule has 1 saturated heterocycles. The van der Waals surface area contributed by atoms with Crippen LogP contribution in [-0.4, -0.2) is 31.3 Å². The van der Waals surface area contributed by atoms with E-state index in [1.807, 2.05) is 54.9 Å². The first-order valence-electron chi connectivity index (χ1n) is 11.6. The van der Waals surface area contributed by atoms with E-state index >= 15 is 0 Å². The van der Waals surface area contributed by atoms with Gasteiger partial charge in [0.25, 0.3) is 0 Å². The molecule has 2 aliphatic rings. The van der Waals surface area contributed by atoms with Gasteiger partial charge < -0.3 is 24.3 Å². The molecule has 2 atom stereocenters. The van der Waals surface area contributed by atoms with Crippen LogP contribution in [0.3, 0.4) is 0 Å². The van der Waals surface area contributed by atoms with Crippen LogP contribution in [0.25, 0.3) is 5.69 Å². The third-order valence-electron chi connectivity index (χ3n) is 6.66. The van der Waals surface area contributed by atoms with Gasteiger partial charge in [-0.15, -0.1) is 0 Å². The van der Waals surface area contributed by atoms with Crippen LogP contribution in [0.4, 0.5) is 0 Å². The second-order valence-electron chi connectivity index (χ2n) is 8.78. The molecule has 1 fully saturated rings. The summed E-state index contributed by atoms with van der Waals surface area (Å²) in [5.41, 5.74) is 6.43. The quantitative estimate of drug-likeness (QED) is 0.410. The van der Waals surface area contributed by atoms with Gasteiger partial charge in [-0.3, -0.25) is 9.97 Å². The number of hydrogen-bond acceptors (Lipinski definition) is 5. The van der Waals surface area contributed by atoms with E-state index in [0.29, 0.717) is 11.7 Å². The number of benzene rings is 1. The minimum atomic E-state index is -0.0851. The lowest BCUT2D eigenvalue weighted by Crippen LogP contribution is -2.29. The molecule has 0 bridgehead atoms. The highest BCUT2D eigenvalue weighted by molar-refractivity contribution is 7.80. The summed E-state index contributed by atoms with van der Waals surface area (Å²) < 4.78 is 13.4. The first-order valence-corrected chi connectivity index (χ1v) is 12.0. The van der Waals surface area contributed by atoms with Crippen LogP contribution in [0.1, 0.15) is 40.4 Å². The number of hydrogen-bond donors (Lipinski definition) is 1. The van der Waals surface area contributed by atoms with Crippen LogP contribution in [0.15, 0.2) is 73.1 Å². The monoisotopic (exact) mass is 483 g/mol. The molecule has 4 aromatic rings. The molecule has 0 aliphatic carbocycles. The molecular formula is C27H25N5O2S. The second kappa shape index (κ2) is 8.70. The molecule has 0 unspecified atom stereocenters. The van der Waals surface area contributed by atoms with E-state index in [1.54, 1.807) is 0 Å². The molecule has 2 aliphatic heterocycles. The van der Waals surface area contributed by atoms with Crippen LogP contribution in [0.2, 0.25) is 0 Å². The number of aryl methyl sites for hydroxylation is 1. The van der Waals surface area contributed by atoms with Gasteiger partial charge in [-0.25, -0.2) is 0 Å². The zero-order valence-corrected chi connectivity index (χ0v) is 20.3. The Hall–Kier alpha value is -3.91. The first-order chi connectivity index (χ1) is 17.1. The summed E-state index contributed by atoms with van der Waals surface area (Å²) in [5.74, 6) is 1.54. The summed E-state index contributed by atoms with van der Waals surface area (Å²) in [6.45, 7) is 5.14. The molecule has 35 heavy (non-hydrogen) atoms. The zero-order valence-electron chi connectivity index (χ0n) is 19.5. The smallest absolute Gasteiger partial charge is 0.231 e. The lowest BCUT2D eigenvalue weighted by Gasteiger charge is -2.28. The van der Waals surface area contributed by atoms with E-state index in [9.17, 15) is 0 Å². The fraction of sp³-hybridized carbons (Fsp3) is 0.222. The van der Waals surface area contributed by atoms with Gasteiger partial charge in [0.1, 0.15) is 0 Å². The molecule has 1 N–H and O–H groups in total. The Labute approximate surface area is 209 Å². The number of aromatic nitrogens is 3. The average Bonchev–Trinajstić information content (AvgIpc) is 3.56. The minimum Gasteiger partial charge on any atom is -0.454 e. The standard InChI is InChI=1S/C27H25N5O2S/c1-17-13-21(18(2)32(17)20-9-10-23-24(14-20)34-16-33-23)26-25(22-8-4-6-12-29-22)30-27(35)31(26)15-19-7-3-5-11-28-19/h3-14,25-26H,15-16H2,1-2H3,(H,30,35)/t25-,26-/m1/s1. The first kappa shape index (κ1) is 21.6. The number of nitrogens with zero attached hydrogens (tertiary/aromatic N) is 4. The topological polar surface area (TPSA) is 64.4 Å². The molecule has 176 valence electrons. The van der Waals surface area contributed by atoms with E-state index in [0.717, 1.165) is 40.0 Å². The minimum absolute atomic E-state index is 0.0478. The van der Waals surface area contributed by atoms with Crippen LogP contribution < -0.4 is 14.8 Å². The maximum Gasteiger partial charge on any atom is 0.231 e. The van der Waals surface area contributed by atoms with Crippen molar-refractivity contribution >= 4 is 17.3 Å². The molecule has 5 heterocycles. The molecule has 3 aromatic heterocycles. The van der Waals surface area contributed by atoms with Gasteiger partial charge in [-0.1, -0.05) is 12.1 Å². The fourth-order valence-corrected chi connectivity index (χ4v) is 5.39. The lowest BCUT2D eigenvalue weighted by atomic mass is 9.96. The van der Waals surface area contributed by atoms with Crippen molar-refractivity contribution < 1.29 is 9.47 Å². The van der Waals surface area contributed by atoms with Crippen LogP contribution in [0, 0.1) is 13.8 Å². The molecule has 0 spiro atoms.